The van der Waals surface area contributed by atoms with Crippen LogP contribution in [0.3, 0.4) is 0 Å². The van der Waals surface area contributed by atoms with E-state index in [4.69, 9.17) is 14.1 Å². The minimum Gasteiger partial charge on any atom is -0.510 e. The van der Waals surface area contributed by atoms with Gasteiger partial charge in [-0.2, -0.15) is 18.2 Å². The molecule has 5 aromatic heterocycles. The maximum Gasteiger partial charge on any atom is 0.268 e. The van der Waals surface area contributed by atoms with Gasteiger partial charge >= 0.3 is 0 Å². The van der Waals surface area contributed by atoms with Gasteiger partial charge in [-0.05, 0) is 144 Å². The van der Waals surface area contributed by atoms with Crippen molar-refractivity contribution in [3.05, 3.63) is 266 Å². The Balaban J connectivity index is 0.00000624. The Morgan fingerprint density at radius 3 is 1.83 bits per heavy atom. The number of ether oxygens (including phenoxy) is 1. The minimum atomic E-state index is -0.288. The van der Waals surface area contributed by atoms with E-state index in [2.05, 4.69) is 278 Å². The van der Waals surface area contributed by atoms with E-state index in [0.29, 0.717) is 11.5 Å². The Kier molecular flexibility index (Phi) is 12.1. The number of benzene rings is 11. The first-order valence-electron chi connectivity index (χ1n) is 29.8. The molecule has 1 aliphatic rings. The zero-order chi connectivity index (χ0) is 58.4. The van der Waals surface area contributed by atoms with Gasteiger partial charge in [-0.15, -0.1) is 29.7 Å². The van der Waals surface area contributed by atoms with E-state index in [1.807, 2.05) is 36.5 Å². The number of para-hydroxylation sites is 5. The summed E-state index contributed by atoms with van der Waals surface area (Å²) in [6.45, 7) is 13.6. The first-order valence-corrected chi connectivity index (χ1v) is 29.8. The predicted molar refractivity (Wildman–Crippen MR) is 354 cm³/mol. The molecule has 8 heteroatoms. The molecule has 426 valence electrons. The van der Waals surface area contributed by atoms with Gasteiger partial charge in [-0.3, -0.25) is 4.57 Å². The second kappa shape index (κ2) is 20.0. The second-order valence-corrected chi connectivity index (χ2v) is 25.2. The summed E-state index contributed by atoms with van der Waals surface area (Å²) < 4.78 is 22.5. The van der Waals surface area contributed by atoms with Gasteiger partial charge in [0.1, 0.15) is 17.0 Å². The third kappa shape index (κ3) is 8.35. The Labute approximate surface area is 524 Å². The average molecular weight is 1320 g/mol. The topological polar surface area (TPSA) is 53.9 Å². The number of rotatable bonds is 6. The monoisotopic (exact) mass is 1310 g/mol. The first kappa shape index (κ1) is 53.4. The zero-order valence-electron chi connectivity index (χ0n) is 49.4. The average Bonchev–Trinajstić information content (AvgIpc) is 1.57. The van der Waals surface area contributed by atoms with Crippen LogP contribution < -0.4 is 9.30 Å². The van der Waals surface area contributed by atoms with Gasteiger partial charge in [0.15, 0.2) is 0 Å². The number of nitrogens with zero attached hydrogens (tertiary/aromatic N) is 5. The van der Waals surface area contributed by atoms with Crippen molar-refractivity contribution >= 4 is 76.6 Å². The molecule has 0 amide bonds. The third-order valence-corrected chi connectivity index (χ3v) is 17.8. The van der Waals surface area contributed by atoms with E-state index in [9.17, 15) is 0 Å². The molecule has 17 rings (SSSR count). The first-order chi connectivity index (χ1) is 42.4. The predicted octanol–water partition coefficient (Wildman–Crippen LogP) is 20.2. The Bertz CT molecular complexity index is 5490. The SMILES string of the molecule is CC(C)(C)c1ccnc(-n2c3[c-]c(Oc4[c-]c(-n5[c-][n+]6c7c(cc(-c8ccc9oc%10ccccc%10c9c8)cc75)-c5ccccc5-c5ccc(-n7c8ccccc8c8ccccc87)cc5-c5cccc(C(C)(C)C)c5-6)ccc4)ccc3c3ccccc32)c1.[Pt]. The summed E-state index contributed by atoms with van der Waals surface area (Å²) in [5.41, 5.74) is 21.7. The van der Waals surface area contributed by atoms with Gasteiger partial charge < -0.3 is 22.9 Å². The minimum absolute atomic E-state index is 0. The van der Waals surface area contributed by atoms with Gasteiger partial charge in [0, 0.05) is 71.5 Å². The Morgan fingerprint density at radius 1 is 0.443 bits per heavy atom. The summed E-state index contributed by atoms with van der Waals surface area (Å²) in [5.74, 6) is 1.94. The summed E-state index contributed by atoms with van der Waals surface area (Å²) >= 11 is 0. The molecule has 88 heavy (non-hydrogen) atoms. The number of aromatic nitrogens is 5. The second-order valence-electron chi connectivity index (χ2n) is 25.2. The Morgan fingerprint density at radius 2 is 1.08 bits per heavy atom. The molecule has 0 N–H and O–H groups in total. The van der Waals surface area contributed by atoms with E-state index in [1.165, 1.54) is 21.9 Å². The van der Waals surface area contributed by atoms with Crippen LogP contribution in [0.2, 0.25) is 0 Å². The van der Waals surface area contributed by atoms with Crippen LogP contribution in [-0.2, 0) is 31.9 Å². The van der Waals surface area contributed by atoms with Crippen molar-refractivity contribution in [2.75, 3.05) is 0 Å². The molecule has 6 heterocycles. The van der Waals surface area contributed by atoms with Crippen LogP contribution in [0.25, 0.3) is 144 Å². The molecule has 0 aliphatic carbocycles. The van der Waals surface area contributed by atoms with Crippen LogP contribution in [0.4, 0.5) is 0 Å². The normalized spacial score (nSPS) is 12.3. The van der Waals surface area contributed by atoms with Crippen molar-refractivity contribution < 1.29 is 34.8 Å². The molecule has 0 unspecified atom stereocenters. The summed E-state index contributed by atoms with van der Waals surface area (Å²) in [6.07, 6.45) is 5.98. The fourth-order valence-electron chi connectivity index (χ4n) is 13.7. The molecule has 1 aliphatic heterocycles. The summed E-state index contributed by atoms with van der Waals surface area (Å²) in [5, 5.41) is 6.79. The van der Waals surface area contributed by atoms with E-state index in [-0.39, 0.29) is 31.9 Å². The van der Waals surface area contributed by atoms with Crippen LogP contribution in [0, 0.1) is 18.5 Å². The Hall–Kier alpha value is -10.1. The number of hydrogen-bond donors (Lipinski definition) is 0. The summed E-state index contributed by atoms with van der Waals surface area (Å²) in [6, 6.07) is 90.5. The van der Waals surface area contributed by atoms with Gasteiger partial charge in [0.2, 0.25) is 0 Å². The quantitative estimate of drug-likeness (QED) is 0.123. The molecule has 0 spiro atoms. The molecule has 0 saturated carbocycles. The van der Waals surface area contributed by atoms with Crippen LogP contribution in [0.15, 0.2) is 241 Å². The maximum absolute atomic E-state index is 6.92. The standard InChI is InChI=1S/C80H57N5O2.Pt/c1-79(2,3)51-39-40-81-76(44-51)85-71-31-15-11-25-61(71)62-37-35-55(47-72(62)85)86-54-20-17-19-52(45-54)82-48-83-77-64(27-18-28-68(77)80(4,5)6)65-46-53(84-69-29-13-9-23-59(69)60-24-10-14-30-70(60)84)34-36-58(65)56-21-7-8-22-57(56)67-42-50(43-73(82)78(67)83)49-33-38-75-66(41-49)63-26-12-16-32-74(63)87-75;/h7-44,46H,1-6H3;/q-2;. The molecular weight excluding hydrogens is 1260 g/mol. The number of furan rings is 1. The molecule has 0 radical (unpaired) electrons. The van der Waals surface area contributed by atoms with Gasteiger partial charge in [0.05, 0.1) is 27.8 Å². The van der Waals surface area contributed by atoms with Crippen LogP contribution in [0.5, 0.6) is 11.5 Å². The fourth-order valence-corrected chi connectivity index (χ4v) is 13.7. The number of fused-ring (bicyclic) bond motifs is 16. The van der Waals surface area contributed by atoms with Gasteiger partial charge in [0.25, 0.3) is 6.33 Å². The molecule has 0 bridgehead atoms. The van der Waals surface area contributed by atoms with Gasteiger partial charge in [-0.25, -0.2) is 4.98 Å². The third-order valence-electron chi connectivity index (χ3n) is 17.8. The van der Waals surface area contributed by atoms with Crippen molar-refractivity contribution in [2.24, 2.45) is 0 Å². The van der Waals surface area contributed by atoms with Crippen molar-refractivity contribution in [1.82, 2.24) is 18.7 Å². The fraction of sp³-hybridized carbons (Fsp3) is 0.100. The molecular formula is C80H57N5O2Pt-2. The van der Waals surface area contributed by atoms with Crippen LogP contribution in [0.1, 0.15) is 52.7 Å². The van der Waals surface area contributed by atoms with E-state index in [1.54, 1.807) is 0 Å². The summed E-state index contributed by atoms with van der Waals surface area (Å²) in [4.78, 5) is 4.94. The zero-order valence-corrected chi connectivity index (χ0v) is 51.7. The van der Waals surface area contributed by atoms with Gasteiger partial charge in [-0.1, -0.05) is 181 Å². The van der Waals surface area contributed by atoms with Crippen molar-refractivity contribution in [2.45, 2.75) is 52.4 Å². The number of imidazole rings is 1. The van der Waals surface area contributed by atoms with E-state index < -0.39 is 0 Å². The molecule has 0 fully saturated rings. The largest absolute Gasteiger partial charge is 0.510 e. The molecule has 11 aromatic carbocycles. The van der Waals surface area contributed by atoms with E-state index in [0.717, 1.165) is 133 Å². The molecule has 16 aromatic rings. The number of pyridine rings is 1. The van der Waals surface area contributed by atoms with Crippen molar-refractivity contribution in [3.63, 3.8) is 0 Å². The number of hydrogen-bond acceptors (Lipinski definition) is 3. The summed E-state index contributed by atoms with van der Waals surface area (Å²) in [7, 11) is 0. The van der Waals surface area contributed by atoms with Crippen molar-refractivity contribution in [3.8, 4) is 78.9 Å². The molecule has 0 atom stereocenters. The molecule has 7 nitrogen and oxygen atoms in total. The van der Waals surface area contributed by atoms with Crippen molar-refractivity contribution in [1.29, 1.82) is 0 Å². The smallest absolute Gasteiger partial charge is 0.268 e. The maximum atomic E-state index is 6.92. The molecule has 0 saturated heterocycles. The van der Waals surface area contributed by atoms with Crippen LogP contribution in [-0.4, -0.2) is 18.7 Å². The van der Waals surface area contributed by atoms with E-state index >= 15 is 0 Å². The van der Waals surface area contributed by atoms with Crippen LogP contribution >= 0.6 is 0 Å².